The summed E-state index contributed by atoms with van der Waals surface area (Å²) in [4.78, 5) is 26.4. The summed E-state index contributed by atoms with van der Waals surface area (Å²) in [6, 6.07) is 7.65. The van der Waals surface area contributed by atoms with Crippen LogP contribution in [0.3, 0.4) is 0 Å². The van der Waals surface area contributed by atoms with Crippen LogP contribution >= 0.6 is 0 Å². The number of para-hydroxylation sites is 1. The number of sulfone groups is 1. The fraction of sp³-hybridized carbons (Fsp3) is 0.579. The summed E-state index contributed by atoms with van der Waals surface area (Å²) in [5.74, 6) is 0.850. The first-order valence-electron chi connectivity index (χ1n) is 9.09. The van der Waals surface area contributed by atoms with Gasteiger partial charge in [0.1, 0.15) is 15.6 Å². The molecule has 1 fully saturated rings. The number of hydrogen-bond acceptors (Lipinski definition) is 5. The molecule has 0 bridgehead atoms. The Kier molecular flexibility index (Phi) is 5.65. The SMILES string of the molecule is CN(C(=O)CCC(=O)C1CCc2ccccc2O1)C1CCS(=O)(=O)CC1. The molecule has 1 aromatic carbocycles. The van der Waals surface area contributed by atoms with Crippen LogP contribution < -0.4 is 4.74 Å². The Labute approximate surface area is 154 Å². The number of hydrogen-bond donors (Lipinski definition) is 0. The molecule has 2 aliphatic rings. The normalized spacial score (nSPS) is 22.1. The van der Waals surface area contributed by atoms with E-state index in [0.717, 1.165) is 17.7 Å². The molecular formula is C19H25NO5S. The Bertz CT molecular complexity index is 775. The van der Waals surface area contributed by atoms with Crippen molar-refractivity contribution in [2.45, 2.75) is 50.7 Å². The van der Waals surface area contributed by atoms with Crippen molar-refractivity contribution < 1.29 is 22.7 Å². The van der Waals surface area contributed by atoms with E-state index in [-0.39, 0.29) is 42.1 Å². The minimum absolute atomic E-state index is 0.0486. The molecule has 142 valence electrons. The standard InChI is InChI=1S/C19H25NO5S/c1-20(15-10-12-26(23,24)13-11-15)19(22)9-7-16(21)18-8-6-14-4-2-3-5-17(14)25-18/h2-5,15,18H,6-13H2,1H3. The summed E-state index contributed by atoms with van der Waals surface area (Å²) in [6.07, 6.45) is 2.20. The molecule has 0 aliphatic carbocycles. The number of aryl methyl sites for hydroxylation is 1. The van der Waals surface area contributed by atoms with Gasteiger partial charge in [0.15, 0.2) is 11.9 Å². The summed E-state index contributed by atoms with van der Waals surface area (Å²) in [7, 11) is -1.25. The van der Waals surface area contributed by atoms with E-state index in [1.54, 1.807) is 11.9 Å². The summed E-state index contributed by atoms with van der Waals surface area (Å²) in [6.45, 7) is 0. The van der Waals surface area contributed by atoms with E-state index in [0.29, 0.717) is 19.3 Å². The Hall–Kier alpha value is -1.89. The fourth-order valence-corrected chi connectivity index (χ4v) is 5.05. The largest absolute Gasteiger partial charge is 0.482 e. The Balaban J connectivity index is 1.48. The van der Waals surface area contributed by atoms with Crippen molar-refractivity contribution in [1.82, 2.24) is 4.90 Å². The van der Waals surface area contributed by atoms with Crippen molar-refractivity contribution in [3.63, 3.8) is 0 Å². The minimum Gasteiger partial charge on any atom is -0.482 e. The highest BCUT2D eigenvalue weighted by atomic mass is 32.2. The quantitative estimate of drug-likeness (QED) is 0.779. The van der Waals surface area contributed by atoms with Crippen LogP contribution in [0.1, 0.15) is 37.7 Å². The van der Waals surface area contributed by atoms with Gasteiger partial charge < -0.3 is 9.64 Å². The van der Waals surface area contributed by atoms with Crippen molar-refractivity contribution in [2.24, 2.45) is 0 Å². The first kappa shape index (κ1) is 18.9. The van der Waals surface area contributed by atoms with Gasteiger partial charge in [0, 0.05) is 25.9 Å². The maximum absolute atomic E-state index is 12.4. The molecule has 1 aromatic rings. The lowest BCUT2D eigenvalue weighted by molar-refractivity contribution is -0.135. The van der Waals surface area contributed by atoms with Crippen molar-refractivity contribution in [1.29, 1.82) is 0 Å². The van der Waals surface area contributed by atoms with Crippen molar-refractivity contribution in [3.05, 3.63) is 29.8 Å². The zero-order valence-electron chi connectivity index (χ0n) is 15.0. The highest BCUT2D eigenvalue weighted by Gasteiger charge is 2.30. The first-order valence-corrected chi connectivity index (χ1v) is 10.9. The van der Waals surface area contributed by atoms with Gasteiger partial charge in [-0.15, -0.1) is 0 Å². The number of carbonyl (C=O) groups is 2. The number of benzene rings is 1. The fourth-order valence-electron chi connectivity index (χ4n) is 3.59. The predicted octanol–water partition coefficient (Wildman–Crippen LogP) is 1.77. The van der Waals surface area contributed by atoms with E-state index in [4.69, 9.17) is 4.74 Å². The van der Waals surface area contributed by atoms with Crippen LogP contribution in [0.2, 0.25) is 0 Å². The zero-order valence-corrected chi connectivity index (χ0v) is 15.8. The topological polar surface area (TPSA) is 80.8 Å². The minimum atomic E-state index is -2.95. The van der Waals surface area contributed by atoms with Gasteiger partial charge in [-0.05, 0) is 37.3 Å². The molecule has 0 spiro atoms. The number of ketones is 1. The molecule has 1 amide bonds. The second-order valence-electron chi connectivity index (χ2n) is 7.11. The number of ether oxygens (including phenoxy) is 1. The Morgan fingerprint density at radius 2 is 1.81 bits per heavy atom. The summed E-state index contributed by atoms with van der Waals surface area (Å²) in [5.41, 5.74) is 1.11. The molecule has 7 heteroatoms. The Morgan fingerprint density at radius 1 is 1.12 bits per heavy atom. The molecule has 6 nitrogen and oxygen atoms in total. The van der Waals surface area contributed by atoms with E-state index in [1.165, 1.54) is 0 Å². The Morgan fingerprint density at radius 3 is 2.54 bits per heavy atom. The third-order valence-corrected chi connectivity index (χ3v) is 7.04. The average Bonchev–Trinajstić information content (AvgIpc) is 2.64. The number of rotatable bonds is 5. The van der Waals surface area contributed by atoms with Gasteiger partial charge in [-0.3, -0.25) is 9.59 Å². The number of Topliss-reactive ketones (excluding diaryl/α,β-unsaturated/α-hetero) is 1. The van der Waals surface area contributed by atoms with E-state index in [1.807, 2.05) is 24.3 Å². The predicted molar refractivity (Wildman–Crippen MR) is 97.9 cm³/mol. The second kappa shape index (κ2) is 7.78. The third-order valence-electron chi connectivity index (χ3n) is 5.33. The van der Waals surface area contributed by atoms with Crippen LogP contribution in [-0.2, 0) is 25.8 Å². The molecule has 2 aliphatic heterocycles. The first-order chi connectivity index (χ1) is 12.4. The van der Waals surface area contributed by atoms with Gasteiger partial charge in [-0.25, -0.2) is 8.42 Å². The molecule has 0 N–H and O–H groups in total. The van der Waals surface area contributed by atoms with Crippen LogP contribution in [0.5, 0.6) is 5.75 Å². The van der Waals surface area contributed by atoms with Gasteiger partial charge in [0.2, 0.25) is 5.91 Å². The van der Waals surface area contributed by atoms with Gasteiger partial charge in [-0.2, -0.15) is 0 Å². The average molecular weight is 379 g/mol. The third kappa shape index (κ3) is 4.44. The molecular weight excluding hydrogens is 354 g/mol. The van der Waals surface area contributed by atoms with E-state index >= 15 is 0 Å². The monoisotopic (exact) mass is 379 g/mol. The molecule has 1 saturated heterocycles. The smallest absolute Gasteiger partial charge is 0.223 e. The molecule has 1 unspecified atom stereocenters. The van der Waals surface area contributed by atoms with Gasteiger partial charge in [0.25, 0.3) is 0 Å². The maximum atomic E-state index is 12.4. The van der Waals surface area contributed by atoms with Gasteiger partial charge >= 0.3 is 0 Å². The van der Waals surface area contributed by atoms with Crippen LogP contribution in [-0.4, -0.2) is 55.7 Å². The highest BCUT2D eigenvalue weighted by molar-refractivity contribution is 7.91. The maximum Gasteiger partial charge on any atom is 0.223 e. The summed E-state index contributed by atoms with van der Waals surface area (Å²) < 4.78 is 28.8. The van der Waals surface area contributed by atoms with Crippen molar-refractivity contribution in [2.75, 3.05) is 18.6 Å². The van der Waals surface area contributed by atoms with Gasteiger partial charge in [-0.1, -0.05) is 18.2 Å². The number of amides is 1. The lowest BCUT2D eigenvalue weighted by Crippen LogP contribution is -2.42. The summed E-state index contributed by atoms with van der Waals surface area (Å²) in [5, 5.41) is 0. The van der Waals surface area contributed by atoms with Crippen LogP contribution in [0.4, 0.5) is 0 Å². The van der Waals surface area contributed by atoms with Crippen LogP contribution in [0.25, 0.3) is 0 Å². The number of carbonyl (C=O) groups excluding carboxylic acids is 2. The molecule has 0 saturated carbocycles. The van der Waals surface area contributed by atoms with Crippen LogP contribution in [0, 0.1) is 0 Å². The number of fused-ring (bicyclic) bond motifs is 1. The van der Waals surface area contributed by atoms with E-state index < -0.39 is 15.9 Å². The molecule has 0 radical (unpaired) electrons. The van der Waals surface area contributed by atoms with Crippen molar-refractivity contribution in [3.8, 4) is 5.75 Å². The van der Waals surface area contributed by atoms with Crippen molar-refractivity contribution >= 4 is 21.5 Å². The molecule has 0 aromatic heterocycles. The number of nitrogens with zero attached hydrogens (tertiary/aromatic N) is 1. The summed E-state index contributed by atoms with van der Waals surface area (Å²) >= 11 is 0. The second-order valence-corrected chi connectivity index (χ2v) is 9.41. The lowest BCUT2D eigenvalue weighted by Gasteiger charge is -2.31. The van der Waals surface area contributed by atoms with Crippen LogP contribution in [0.15, 0.2) is 24.3 Å². The lowest BCUT2D eigenvalue weighted by atomic mass is 9.98. The molecule has 3 rings (SSSR count). The van der Waals surface area contributed by atoms with E-state index in [2.05, 4.69) is 0 Å². The highest BCUT2D eigenvalue weighted by Crippen LogP contribution is 2.28. The van der Waals surface area contributed by atoms with Gasteiger partial charge in [0.05, 0.1) is 11.5 Å². The molecule has 26 heavy (non-hydrogen) atoms. The zero-order chi connectivity index (χ0) is 18.7. The molecule has 1 atom stereocenters. The molecule has 2 heterocycles. The van der Waals surface area contributed by atoms with E-state index in [9.17, 15) is 18.0 Å².